The minimum absolute atomic E-state index is 0.0465. The van der Waals surface area contributed by atoms with E-state index in [1.807, 2.05) is 0 Å². The van der Waals surface area contributed by atoms with Crippen LogP contribution in [0.2, 0.25) is 5.02 Å². The largest absolute Gasteiger partial charge is 0.416 e. The van der Waals surface area contributed by atoms with Crippen LogP contribution >= 0.6 is 11.6 Å². The Morgan fingerprint density at radius 2 is 1.75 bits per heavy atom. The lowest BCUT2D eigenvalue weighted by Crippen LogP contribution is -2.23. The van der Waals surface area contributed by atoms with E-state index < -0.39 is 29.3 Å². The van der Waals surface area contributed by atoms with Crippen molar-refractivity contribution in [2.24, 2.45) is 4.99 Å². The van der Waals surface area contributed by atoms with Crippen LogP contribution in [0.4, 0.5) is 18.9 Å². The summed E-state index contributed by atoms with van der Waals surface area (Å²) in [4.78, 5) is 40.7. The SMILES string of the molecule is CNC(=O)C1=C(C(=O)Nc2ccc(CC(=O)c3cc(C(F)(F)F)ccc3Cl)cc2)CC=N1. The van der Waals surface area contributed by atoms with Gasteiger partial charge in [-0.1, -0.05) is 23.7 Å². The number of halogens is 4. The summed E-state index contributed by atoms with van der Waals surface area (Å²) in [5, 5.41) is 5.00. The lowest BCUT2D eigenvalue weighted by Gasteiger charge is -2.11. The van der Waals surface area contributed by atoms with Gasteiger partial charge in [-0.15, -0.1) is 0 Å². The molecule has 166 valence electrons. The molecule has 0 radical (unpaired) electrons. The number of ketones is 1. The van der Waals surface area contributed by atoms with E-state index in [0.29, 0.717) is 11.3 Å². The molecule has 1 aliphatic heterocycles. The number of likely N-dealkylation sites (N-methyl/N-ethyl adjacent to an activating group) is 1. The first-order chi connectivity index (χ1) is 15.1. The van der Waals surface area contributed by atoms with E-state index in [-0.39, 0.29) is 34.7 Å². The van der Waals surface area contributed by atoms with Crippen molar-refractivity contribution in [3.8, 4) is 0 Å². The molecule has 0 bridgehead atoms. The zero-order valence-electron chi connectivity index (χ0n) is 16.7. The Hall–Kier alpha value is -3.46. The lowest BCUT2D eigenvalue weighted by molar-refractivity contribution is -0.137. The van der Waals surface area contributed by atoms with Crippen LogP contribution < -0.4 is 10.6 Å². The molecule has 6 nitrogen and oxygen atoms in total. The van der Waals surface area contributed by atoms with Gasteiger partial charge in [0.25, 0.3) is 11.8 Å². The normalized spacial score (nSPS) is 13.3. The molecule has 2 N–H and O–H groups in total. The van der Waals surface area contributed by atoms with Gasteiger partial charge in [0.05, 0.1) is 16.2 Å². The fourth-order valence-electron chi connectivity index (χ4n) is 3.03. The predicted molar refractivity (Wildman–Crippen MR) is 114 cm³/mol. The molecule has 0 saturated heterocycles. The smallest absolute Gasteiger partial charge is 0.354 e. The van der Waals surface area contributed by atoms with Gasteiger partial charge >= 0.3 is 6.18 Å². The van der Waals surface area contributed by atoms with Crippen molar-refractivity contribution >= 4 is 41.1 Å². The first-order valence-electron chi connectivity index (χ1n) is 9.38. The summed E-state index contributed by atoms with van der Waals surface area (Å²) in [6.45, 7) is 0. The highest BCUT2D eigenvalue weighted by Crippen LogP contribution is 2.32. The van der Waals surface area contributed by atoms with Gasteiger partial charge in [0.15, 0.2) is 5.78 Å². The fraction of sp³-hybridized carbons (Fsp3) is 0.182. The number of anilines is 1. The first-order valence-corrected chi connectivity index (χ1v) is 9.76. The highest BCUT2D eigenvalue weighted by molar-refractivity contribution is 6.34. The minimum Gasteiger partial charge on any atom is -0.354 e. The number of carbonyl (C=O) groups excluding carboxylic acids is 3. The summed E-state index contributed by atoms with van der Waals surface area (Å²) >= 11 is 5.92. The summed E-state index contributed by atoms with van der Waals surface area (Å²) in [5.74, 6) is -1.52. The lowest BCUT2D eigenvalue weighted by atomic mass is 10.0. The number of carbonyl (C=O) groups is 3. The summed E-state index contributed by atoms with van der Waals surface area (Å²) in [6, 6.07) is 8.82. The van der Waals surface area contributed by atoms with Gasteiger partial charge in [-0.3, -0.25) is 19.4 Å². The second-order valence-electron chi connectivity index (χ2n) is 6.87. The summed E-state index contributed by atoms with van der Waals surface area (Å²) in [6.07, 6.45) is -3.07. The predicted octanol–water partition coefficient (Wildman–Crippen LogP) is 4.20. The molecule has 0 saturated carbocycles. The van der Waals surface area contributed by atoms with E-state index in [9.17, 15) is 27.6 Å². The Balaban J connectivity index is 1.70. The average Bonchev–Trinajstić information content (AvgIpc) is 3.24. The van der Waals surface area contributed by atoms with Crippen LogP contribution in [0.1, 0.15) is 27.9 Å². The number of nitrogens with zero attached hydrogens (tertiary/aromatic N) is 1. The van der Waals surface area contributed by atoms with Crippen LogP contribution in [0.3, 0.4) is 0 Å². The fourth-order valence-corrected chi connectivity index (χ4v) is 3.25. The van der Waals surface area contributed by atoms with Crippen LogP contribution in [0.25, 0.3) is 0 Å². The van der Waals surface area contributed by atoms with Crippen LogP contribution in [-0.4, -0.2) is 30.9 Å². The summed E-state index contributed by atoms with van der Waals surface area (Å²) < 4.78 is 38.8. The number of rotatable bonds is 6. The molecule has 0 aromatic heterocycles. The molecule has 1 heterocycles. The Morgan fingerprint density at radius 3 is 2.38 bits per heavy atom. The molecule has 0 aliphatic carbocycles. The van der Waals surface area contributed by atoms with E-state index in [4.69, 9.17) is 11.6 Å². The molecule has 10 heteroatoms. The van der Waals surface area contributed by atoms with Gasteiger partial charge in [0.1, 0.15) is 5.70 Å². The third-order valence-corrected chi connectivity index (χ3v) is 5.02. The third kappa shape index (κ3) is 5.23. The quantitative estimate of drug-likeness (QED) is 0.629. The standard InChI is InChI=1S/C22H17ClF3N3O3/c1-27-21(32)19-15(8-9-28-19)20(31)29-14-5-2-12(3-6-14)10-18(30)16-11-13(22(24,25)26)4-7-17(16)23/h2-7,9,11H,8,10H2,1H3,(H,27,32)(H,29,31). The number of nitrogens with one attached hydrogen (secondary N) is 2. The molecule has 32 heavy (non-hydrogen) atoms. The average molecular weight is 464 g/mol. The number of Topliss-reactive ketones (excluding diaryl/α,β-unsaturated/α-hetero) is 1. The van der Waals surface area contributed by atoms with Crippen molar-refractivity contribution in [1.82, 2.24) is 5.32 Å². The molecule has 3 rings (SSSR count). The summed E-state index contributed by atoms with van der Waals surface area (Å²) in [5.41, 5.74) is 0.0428. The molecule has 0 unspecified atom stereocenters. The molecule has 2 amide bonds. The van der Waals surface area contributed by atoms with Gasteiger partial charge in [-0.2, -0.15) is 13.2 Å². The van der Waals surface area contributed by atoms with Crippen molar-refractivity contribution in [1.29, 1.82) is 0 Å². The zero-order valence-corrected chi connectivity index (χ0v) is 17.5. The van der Waals surface area contributed by atoms with Gasteiger partial charge < -0.3 is 10.6 Å². The van der Waals surface area contributed by atoms with Gasteiger partial charge in [0.2, 0.25) is 0 Å². The second-order valence-corrected chi connectivity index (χ2v) is 7.27. The van der Waals surface area contributed by atoms with E-state index in [1.165, 1.54) is 13.3 Å². The molecule has 0 atom stereocenters. The molecular weight excluding hydrogens is 447 g/mol. The molecule has 0 spiro atoms. The van der Waals surface area contributed by atoms with Crippen LogP contribution in [-0.2, 0) is 22.2 Å². The van der Waals surface area contributed by atoms with Crippen molar-refractivity contribution in [2.45, 2.75) is 19.0 Å². The van der Waals surface area contributed by atoms with Gasteiger partial charge in [0, 0.05) is 37.4 Å². The Bertz CT molecular complexity index is 1140. The van der Waals surface area contributed by atoms with Crippen LogP contribution in [0, 0.1) is 0 Å². The molecule has 2 aromatic carbocycles. The van der Waals surface area contributed by atoms with Gasteiger partial charge in [-0.05, 0) is 35.9 Å². The Morgan fingerprint density at radius 1 is 1.06 bits per heavy atom. The topological polar surface area (TPSA) is 87.6 Å². The maximum absolute atomic E-state index is 12.9. The molecule has 2 aromatic rings. The van der Waals surface area contributed by atoms with Crippen molar-refractivity contribution in [3.05, 3.63) is 75.4 Å². The number of amides is 2. The third-order valence-electron chi connectivity index (χ3n) is 4.69. The van der Waals surface area contributed by atoms with E-state index in [1.54, 1.807) is 24.3 Å². The van der Waals surface area contributed by atoms with E-state index in [2.05, 4.69) is 15.6 Å². The number of benzene rings is 2. The highest BCUT2D eigenvalue weighted by atomic mass is 35.5. The van der Waals surface area contributed by atoms with E-state index in [0.717, 1.165) is 18.2 Å². The Labute approximate surface area is 186 Å². The van der Waals surface area contributed by atoms with Crippen molar-refractivity contribution in [2.75, 3.05) is 12.4 Å². The highest BCUT2D eigenvalue weighted by Gasteiger charge is 2.31. The number of aliphatic imine (C=N–C) groups is 1. The maximum atomic E-state index is 12.9. The maximum Gasteiger partial charge on any atom is 0.416 e. The second kappa shape index (κ2) is 9.35. The zero-order chi connectivity index (χ0) is 23.5. The first kappa shape index (κ1) is 23.2. The van der Waals surface area contributed by atoms with Crippen molar-refractivity contribution < 1.29 is 27.6 Å². The number of hydrogen-bond acceptors (Lipinski definition) is 4. The molecule has 1 aliphatic rings. The summed E-state index contributed by atoms with van der Waals surface area (Å²) in [7, 11) is 1.44. The molecule has 0 fully saturated rings. The van der Waals surface area contributed by atoms with Crippen molar-refractivity contribution in [3.63, 3.8) is 0 Å². The number of hydrogen-bond donors (Lipinski definition) is 2. The van der Waals surface area contributed by atoms with E-state index >= 15 is 0 Å². The van der Waals surface area contributed by atoms with Crippen LogP contribution in [0.5, 0.6) is 0 Å². The minimum atomic E-state index is -4.59. The van der Waals surface area contributed by atoms with Crippen LogP contribution in [0.15, 0.2) is 58.7 Å². The van der Waals surface area contributed by atoms with Gasteiger partial charge in [-0.25, -0.2) is 0 Å². The monoisotopic (exact) mass is 463 g/mol. The Kier molecular flexibility index (Phi) is 6.78. The molecular formula is C22H17ClF3N3O3. The number of alkyl halides is 3.